The van der Waals surface area contributed by atoms with Gasteiger partial charge in [-0.25, -0.2) is 9.78 Å². The highest BCUT2D eigenvalue weighted by atomic mass is 79.9. The SMILES string of the molecule is Cn1c(N2CCC[C@@H](C(=O)Nc3ccc(Br)cn3)C2)c(C#N)c(=O)n(C)c1=O. The van der Waals surface area contributed by atoms with Gasteiger partial charge in [-0.05, 0) is 40.9 Å². The molecule has 0 aromatic carbocycles. The average molecular weight is 447 g/mol. The highest BCUT2D eigenvalue weighted by Gasteiger charge is 2.30. The number of nitriles is 1. The molecule has 3 rings (SSSR count). The molecule has 1 N–H and O–H groups in total. The molecule has 9 nitrogen and oxygen atoms in total. The van der Waals surface area contributed by atoms with Crippen LogP contribution in [0.4, 0.5) is 11.6 Å². The van der Waals surface area contributed by atoms with E-state index < -0.39 is 11.2 Å². The summed E-state index contributed by atoms with van der Waals surface area (Å²) in [5.74, 6) is 0.163. The fourth-order valence-corrected chi connectivity index (χ4v) is 3.60. The second-order valence-corrected chi connectivity index (χ2v) is 7.57. The van der Waals surface area contributed by atoms with Crippen molar-refractivity contribution in [3.8, 4) is 6.07 Å². The van der Waals surface area contributed by atoms with E-state index in [0.717, 1.165) is 9.04 Å². The van der Waals surface area contributed by atoms with E-state index in [1.807, 2.05) is 6.07 Å². The molecule has 1 atom stereocenters. The minimum Gasteiger partial charge on any atom is -0.356 e. The highest BCUT2D eigenvalue weighted by Crippen LogP contribution is 2.24. The molecule has 2 aromatic heterocycles. The first-order chi connectivity index (χ1) is 13.3. The van der Waals surface area contributed by atoms with Gasteiger partial charge in [0.05, 0.1) is 5.92 Å². The number of carbonyl (C=O) groups is 1. The molecule has 2 aromatic rings. The number of amides is 1. The van der Waals surface area contributed by atoms with Crippen molar-refractivity contribution in [2.45, 2.75) is 12.8 Å². The number of piperidine rings is 1. The number of anilines is 2. The summed E-state index contributed by atoms with van der Waals surface area (Å²) in [6, 6.07) is 5.39. The Balaban J connectivity index is 1.87. The van der Waals surface area contributed by atoms with Gasteiger partial charge in [-0.15, -0.1) is 0 Å². The van der Waals surface area contributed by atoms with Crippen LogP contribution in [0, 0.1) is 17.2 Å². The molecule has 0 aliphatic carbocycles. The van der Waals surface area contributed by atoms with Gasteiger partial charge in [0.15, 0.2) is 5.56 Å². The van der Waals surface area contributed by atoms with Crippen molar-refractivity contribution < 1.29 is 4.79 Å². The van der Waals surface area contributed by atoms with Gasteiger partial charge in [0.25, 0.3) is 5.56 Å². The van der Waals surface area contributed by atoms with Crippen LogP contribution in [0.3, 0.4) is 0 Å². The maximum atomic E-state index is 12.7. The number of nitrogens with one attached hydrogen (secondary N) is 1. The van der Waals surface area contributed by atoms with Crippen molar-refractivity contribution in [3.63, 3.8) is 0 Å². The van der Waals surface area contributed by atoms with Gasteiger partial charge in [0.1, 0.15) is 17.7 Å². The Morgan fingerprint density at radius 2 is 2.07 bits per heavy atom. The van der Waals surface area contributed by atoms with Crippen molar-refractivity contribution in [1.82, 2.24) is 14.1 Å². The van der Waals surface area contributed by atoms with Crippen LogP contribution in [0.25, 0.3) is 0 Å². The van der Waals surface area contributed by atoms with Crippen LogP contribution in [-0.4, -0.2) is 33.1 Å². The monoisotopic (exact) mass is 446 g/mol. The van der Waals surface area contributed by atoms with Crippen molar-refractivity contribution in [2.24, 2.45) is 20.0 Å². The van der Waals surface area contributed by atoms with Crippen molar-refractivity contribution >= 4 is 33.5 Å². The molecule has 28 heavy (non-hydrogen) atoms. The summed E-state index contributed by atoms with van der Waals surface area (Å²) >= 11 is 3.30. The van der Waals surface area contributed by atoms with Gasteiger partial charge in [0, 0.05) is 37.9 Å². The van der Waals surface area contributed by atoms with Crippen molar-refractivity contribution in [1.29, 1.82) is 5.26 Å². The Bertz CT molecular complexity index is 1070. The van der Waals surface area contributed by atoms with Crippen LogP contribution in [-0.2, 0) is 18.9 Å². The molecule has 1 aliphatic heterocycles. The Morgan fingerprint density at radius 3 is 2.71 bits per heavy atom. The van der Waals surface area contributed by atoms with Gasteiger partial charge in [0.2, 0.25) is 5.91 Å². The lowest BCUT2D eigenvalue weighted by Crippen LogP contribution is -2.47. The van der Waals surface area contributed by atoms with Crippen LogP contribution >= 0.6 is 15.9 Å². The number of pyridine rings is 1. The van der Waals surface area contributed by atoms with Gasteiger partial charge >= 0.3 is 5.69 Å². The van der Waals surface area contributed by atoms with Gasteiger partial charge in [-0.3, -0.25) is 18.7 Å². The number of rotatable bonds is 3. The second kappa shape index (κ2) is 7.98. The summed E-state index contributed by atoms with van der Waals surface area (Å²) in [6.07, 6.45) is 2.96. The number of aromatic nitrogens is 3. The smallest absolute Gasteiger partial charge is 0.332 e. The van der Waals surface area contributed by atoms with Crippen LogP contribution in [0.15, 0.2) is 32.4 Å². The number of carbonyl (C=O) groups excluding carboxylic acids is 1. The van der Waals surface area contributed by atoms with E-state index in [4.69, 9.17) is 0 Å². The minimum absolute atomic E-state index is 0.0970. The second-order valence-electron chi connectivity index (χ2n) is 6.65. The predicted molar refractivity (Wildman–Crippen MR) is 107 cm³/mol. The highest BCUT2D eigenvalue weighted by molar-refractivity contribution is 9.10. The van der Waals surface area contributed by atoms with Crippen molar-refractivity contribution in [3.05, 3.63) is 49.2 Å². The zero-order valence-electron chi connectivity index (χ0n) is 15.5. The standard InChI is InChI=1S/C18H19BrN6O3/c1-23-16(13(8-20)17(27)24(2)18(23)28)25-7-3-4-11(10-25)15(26)22-14-6-5-12(19)9-21-14/h5-6,9,11H,3-4,7,10H2,1-2H3,(H,21,22,26)/t11-/m1/s1. The quantitative estimate of drug-likeness (QED) is 0.751. The fraction of sp³-hybridized carbons (Fsp3) is 0.389. The molecule has 0 unspecified atom stereocenters. The third kappa shape index (κ3) is 3.71. The molecule has 146 valence electrons. The van der Waals surface area contributed by atoms with E-state index in [1.54, 1.807) is 23.2 Å². The zero-order valence-corrected chi connectivity index (χ0v) is 17.1. The summed E-state index contributed by atoms with van der Waals surface area (Å²) in [4.78, 5) is 43.2. The molecule has 0 radical (unpaired) electrons. The summed E-state index contributed by atoms with van der Waals surface area (Å²) in [6.45, 7) is 0.854. The predicted octanol–water partition coefficient (Wildman–Crippen LogP) is 0.968. The Hall–Kier alpha value is -2.93. The van der Waals surface area contributed by atoms with Crippen LogP contribution < -0.4 is 21.5 Å². The minimum atomic E-state index is -0.633. The zero-order chi connectivity index (χ0) is 20.4. The van der Waals surface area contributed by atoms with E-state index >= 15 is 0 Å². The summed E-state index contributed by atoms with van der Waals surface area (Å²) in [7, 11) is 2.86. The average Bonchev–Trinajstić information content (AvgIpc) is 2.70. The van der Waals surface area contributed by atoms with Gasteiger partial charge in [-0.2, -0.15) is 5.26 Å². The first-order valence-corrected chi connectivity index (χ1v) is 9.50. The number of nitrogens with zero attached hydrogens (tertiary/aromatic N) is 5. The summed E-state index contributed by atoms with van der Waals surface area (Å²) < 4.78 is 3.01. The molecule has 0 saturated carbocycles. The molecule has 0 bridgehead atoms. The number of hydrogen-bond acceptors (Lipinski definition) is 6. The van der Waals surface area contributed by atoms with E-state index in [9.17, 15) is 19.6 Å². The molecule has 1 aliphatic rings. The molecule has 1 amide bonds. The Kier molecular flexibility index (Phi) is 5.65. The van der Waals surface area contributed by atoms with E-state index in [-0.39, 0.29) is 23.2 Å². The lowest BCUT2D eigenvalue weighted by atomic mass is 9.96. The van der Waals surface area contributed by atoms with E-state index in [1.165, 1.54) is 18.7 Å². The molecule has 0 spiro atoms. The first kappa shape index (κ1) is 19.8. The third-order valence-corrected chi connectivity index (χ3v) is 5.28. The molecule has 1 fully saturated rings. The van der Waals surface area contributed by atoms with Crippen LogP contribution in [0.5, 0.6) is 0 Å². The topological polar surface area (TPSA) is 113 Å². The van der Waals surface area contributed by atoms with Crippen LogP contribution in [0.2, 0.25) is 0 Å². The normalized spacial score (nSPS) is 16.5. The fourth-order valence-electron chi connectivity index (χ4n) is 3.36. The number of halogens is 1. The Labute approximate surface area is 169 Å². The van der Waals surface area contributed by atoms with Crippen LogP contribution in [0.1, 0.15) is 18.4 Å². The summed E-state index contributed by atoms with van der Waals surface area (Å²) in [5, 5.41) is 12.3. The largest absolute Gasteiger partial charge is 0.356 e. The van der Waals surface area contributed by atoms with E-state index in [0.29, 0.717) is 31.7 Å². The maximum absolute atomic E-state index is 12.7. The molecule has 3 heterocycles. The van der Waals surface area contributed by atoms with E-state index in [2.05, 4.69) is 26.2 Å². The first-order valence-electron chi connectivity index (χ1n) is 8.71. The molecular formula is C18H19BrN6O3. The number of hydrogen-bond donors (Lipinski definition) is 1. The molecular weight excluding hydrogens is 428 g/mol. The van der Waals surface area contributed by atoms with Gasteiger partial charge in [-0.1, -0.05) is 0 Å². The third-order valence-electron chi connectivity index (χ3n) is 4.82. The maximum Gasteiger partial charge on any atom is 0.332 e. The molecule has 10 heteroatoms. The Morgan fingerprint density at radius 1 is 1.32 bits per heavy atom. The summed E-state index contributed by atoms with van der Waals surface area (Å²) in [5.41, 5.74) is -1.24. The van der Waals surface area contributed by atoms with Crippen molar-refractivity contribution in [2.75, 3.05) is 23.3 Å². The molecule has 1 saturated heterocycles. The lowest BCUT2D eigenvalue weighted by Gasteiger charge is -2.34. The van der Waals surface area contributed by atoms with Gasteiger partial charge < -0.3 is 10.2 Å². The lowest BCUT2D eigenvalue weighted by molar-refractivity contribution is -0.120.